The second kappa shape index (κ2) is 9.14. The van der Waals surface area contributed by atoms with Crippen LogP contribution in [-0.4, -0.2) is 80.5 Å². The molecule has 208 valence electrons. The van der Waals surface area contributed by atoms with Crippen LogP contribution in [-0.2, 0) is 0 Å². The largest absolute Gasteiger partial charge is 0.451 e. The van der Waals surface area contributed by atoms with Gasteiger partial charge in [0.05, 0.1) is 29.1 Å². The van der Waals surface area contributed by atoms with Crippen molar-refractivity contribution in [2.45, 2.75) is 18.5 Å². The van der Waals surface area contributed by atoms with E-state index in [1.807, 2.05) is 18.6 Å². The first-order chi connectivity index (χ1) is 20.7. The van der Waals surface area contributed by atoms with Gasteiger partial charge in [0.15, 0.2) is 17.3 Å². The van der Waals surface area contributed by atoms with Crippen LogP contribution in [0.4, 0.5) is 11.5 Å². The topological polar surface area (TPSA) is 89.2 Å². The molecule has 6 heterocycles. The number of hydrogen-bond acceptors (Lipinski definition) is 7. The number of rotatable bonds is 5. The van der Waals surface area contributed by atoms with E-state index in [9.17, 15) is 0 Å². The Morgan fingerprint density at radius 2 is 1.43 bits per heavy atom. The highest BCUT2D eigenvalue weighted by atomic mass is 16.5. The fourth-order valence-corrected chi connectivity index (χ4v) is 7.03. The van der Waals surface area contributed by atoms with Crippen molar-refractivity contribution in [1.82, 2.24) is 35.2 Å². The lowest BCUT2D eigenvalue weighted by molar-refractivity contribution is 0.153. The van der Waals surface area contributed by atoms with E-state index in [0.717, 1.165) is 93.2 Å². The first kappa shape index (κ1) is 23.9. The van der Waals surface area contributed by atoms with Gasteiger partial charge in [-0.1, -0.05) is 18.2 Å². The van der Waals surface area contributed by atoms with Gasteiger partial charge in [-0.15, -0.1) is 0 Å². The highest BCUT2D eigenvalue weighted by molar-refractivity contribution is 5.87. The molecule has 0 unspecified atom stereocenters. The maximum atomic E-state index is 6.65. The zero-order valence-electron chi connectivity index (χ0n) is 23.3. The number of aromatic amines is 2. The maximum Gasteiger partial charge on any atom is 0.176 e. The Balaban J connectivity index is 1.09. The molecular formula is C33H30N8O. The lowest BCUT2D eigenvalue weighted by Crippen LogP contribution is -2.46. The predicted molar refractivity (Wildman–Crippen MR) is 164 cm³/mol. The quantitative estimate of drug-likeness (QED) is 0.278. The maximum absolute atomic E-state index is 6.65. The van der Waals surface area contributed by atoms with Crippen LogP contribution in [0.5, 0.6) is 11.5 Å². The van der Waals surface area contributed by atoms with Gasteiger partial charge in [0.25, 0.3) is 0 Å². The molecule has 0 radical (unpaired) electrons. The van der Waals surface area contributed by atoms with Crippen molar-refractivity contribution in [3.05, 3.63) is 79.3 Å². The molecule has 9 nitrogen and oxygen atoms in total. The minimum absolute atomic E-state index is 0.647. The number of likely N-dealkylation sites (N-methyl/N-ethyl adjacent to an activating group) is 1. The van der Waals surface area contributed by atoms with E-state index in [1.165, 1.54) is 6.42 Å². The Labute approximate surface area is 242 Å². The van der Waals surface area contributed by atoms with Gasteiger partial charge in [-0.05, 0) is 72.6 Å². The normalized spacial score (nSPS) is 19.9. The van der Waals surface area contributed by atoms with Crippen LogP contribution in [0.25, 0.3) is 44.1 Å². The highest BCUT2D eigenvalue weighted by Crippen LogP contribution is 2.48. The average molecular weight is 555 g/mol. The van der Waals surface area contributed by atoms with E-state index < -0.39 is 0 Å². The molecular weight excluding hydrogens is 524 g/mol. The number of anilines is 2. The molecule has 2 N–H and O–H groups in total. The van der Waals surface area contributed by atoms with Gasteiger partial charge in [-0.2, -0.15) is 10.2 Å². The van der Waals surface area contributed by atoms with Crippen molar-refractivity contribution in [3.8, 4) is 33.8 Å². The predicted octanol–water partition coefficient (Wildman–Crippen LogP) is 5.80. The molecule has 2 bridgehead atoms. The van der Waals surface area contributed by atoms with Crippen molar-refractivity contribution in [3.63, 3.8) is 0 Å². The number of nitrogens with zero attached hydrogens (tertiary/aromatic N) is 6. The minimum Gasteiger partial charge on any atom is -0.451 e. The molecule has 0 saturated carbocycles. The molecule has 9 rings (SSSR count). The molecule has 9 heteroatoms. The first-order valence-electron chi connectivity index (χ1n) is 14.6. The molecule has 2 fully saturated rings. The zero-order chi connectivity index (χ0) is 27.8. The Kier molecular flexibility index (Phi) is 5.20. The number of hydrogen-bond donors (Lipinski definition) is 2. The van der Waals surface area contributed by atoms with E-state index in [-0.39, 0.29) is 0 Å². The van der Waals surface area contributed by atoms with Crippen molar-refractivity contribution >= 4 is 33.3 Å². The summed E-state index contributed by atoms with van der Waals surface area (Å²) < 4.78 is 6.65. The van der Waals surface area contributed by atoms with Gasteiger partial charge < -0.3 is 14.5 Å². The number of benzene rings is 3. The van der Waals surface area contributed by atoms with E-state index in [4.69, 9.17) is 9.72 Å². The van der Waals surface area contributed by atoms with Crippen LogP contribution in [0.2, 0.25) is 0 Å². The summed E-state index contributed by atoms with van der Waals surface area (Å²) in [6.45, 7) is 4.15. The van der Waals surface area contributed by atoms with Gasteiger partial charge in [0, 0.05) is 60.8 Å². The second-order valence-electron chi connectivity index (χ2n) is 11.8. The van der Waals surface area contributed by atoms with Gasteiger partial charge in [0.1, 0.15) is 0 Å². The van der Waals surface area contributed by atoms with E-state index >= 15 is 0 Å². The average Bonchev–Trinajstić information content (AvgIpc) is 3.82. The van der Waals surface area contributed by atoms with Crippen LogP contribution in [0.3, 0.4) is 0 Å². The van der Waals surface area contributed by atoms with Crippen LogP contribution in [0.15, 0.2) is 79.3 Å². The summed E-state index contributed by atoms with van der Waals surface area (Å²) in [7, 11) is 2.25. The number of H-pyrrole nitrogens is 2. The SMILES string of the molecule is CN1C[C@@H]2C[C@H]1CN2CCN1c2ccc(-c3ccc4[nH]ncc4c3)cc2Oc2cc(-c3ccc4[nH]ncc4c3)cnc21. The van der Waals surface area contributed by atoms with Gasteiger partial charge in [0.2, 0.25) is 0 Å². The Bertz CT molecular complexity index is 1850. The number of pyridine rings is 1. The summed E-state index contributed by atoms with van der Waals surface area (Å²) in [6, 6.07) is 22.6. The molecule has 0 spiro atoms. The second-order valence-corrected chi connectivity index (χ2v) is 11.8. The third-order valence-corrected chi connectivity index (χ3v) is 9.34. The van der Waals surface area contributed by atoms with Crippen LogP contribution in [0, 0.1) is 0 Å². The summed E-state index contributed by atoms with van der Waals surface area (Å²) >= 11 is 0. The molecule has 3 aromatic carbocycles. The molecule has 0 aliphatic carbocycles. The Morgan fingerprint density at radius 1 is 0.738 bits per heavy atom. The van der Waals surface area contributed by atoms with Gasteiger partial charge in [-0.3, -0.25) is 15.1 Å². The monoisotopic (exact) mass is 554 g/mol. The highest BCUT2D eigenvalue weighted by Gasteiger charge is 2.41. The molecule has 0 amide bonds. The van der Waals surface area contributed by atoms with E-state index in [2.05, 4.69) is 103 Å². The van der Waals surface area contributed by atoms with Crippen molar-refractivity contribution in [2.24, 2.45) is 0 Å². The third kappa shape index (κ3) is 3.81. The number of ether oxygens (including phenoxy) is 1. The summed E-state index contributed by atoms with van der Waals surface area (Å²) in [5.41, 5.74) is 7.43. The molecule has 2 atom stereocenters. The minimum atomic E-state index is 0.647. The molecule has 3 aliphatic rings. The van der Waals surface area contributed by atoms with Crippen molar-refractivity contribution in [1.29, 1.82) is 0 Å². The van der Waals surface area contributed by atoms with Crippen LogP contribution >= 0.6 is 0 Å². The summed E-state index contributed by atoms with van der Waals surface area (Å²) in [4.78, 5) is 12.5. The summed E-state index contributed by atoms with van der Waals surface area (Å²) in [5, 5.41) is 16.6. The summed E-state index contributed by atoms with van der Waals surface area (Å²) in [6.07, 6.45) is 6.95. The fourth-order valence-electron chi connectivity index (χ4n) is 7.03. The third-order valence-electron chi connectivity index (χ3n) is 9.34. The molecule has 42 heavy (non-hydrogen) atoms. The Morgan fingerprint density at radius 3 is 2.14 bits per heavy atom. The van der Waals surface area contributed by atoms with Crippen LogP contribution < -0.4 is 9.64 Å². The van der Waals surface area contributed by atoms with Crippen molar-refractivity contribution < 1.29 is 4.74 Å². The molecule has 3 aromatic heterocycles. The summed E-state index contributed by atoms with van der Waals surface area (Å²) in [5.74, 6) is 2.49. The lowest BCUT2D eigenvalue weighted by Gasteiger charge is -2.36. The Hall–Kier alpha value is -4.73. The molecule has 3 aliphatic heterocycles. The number of aromatic nitrogens is 5. The number of piperazine rings is 1. The zero-order valence-corrected chi connectivity index (χ0v) is 23.3. The standard InChI is InChI=1S/C33H30N8O/c1-39-18-27-14-26(39)19-40(27)8-9-41-30-7-4-22(20-2-5-28-24(10-20)16-35-37-28)12-31(30)42-32-13-23(15-34-33(32)41)21-3-6-29-25(11-21)17-36-38-29/h2-7,10-13,15-17,26-27H,8-9,14,18-19H2,1H3,(H,35,37)(H,36,38)/t26-,27-/m0/s1. The van der Waals surface area contributed by atoms with Gasteiger partial charge in [-0.25, -0.2) is 4.98 Å². The number of fused-ring (bicyclic) bond motifs is 6. The van der Waals surface area contributed by atoms with E-state index in [0.29, 0.717) is 12.1 Å². The van der Waals surface area contributed by atoms with Crippen molar-refractivity contribution in [2.75, 3.05) is 38.1 Å². The van der Waals surface area contributed by atoms with Crippen LogP contribution in [0.1, 0.15) is 6.42 Å². The van der Waals surface area contributed by atoms with E-state index in [1.54, 1.807) is 0 Å². The smallest absolute Gasteiger partial charge is 0.176 e. The lowest BCUT2D eigenvalue weighted by atomic mass is 10.0. The molecule has 6 aromatic rings. The number of nitrogens with one attached hydrogen (secondary N) is 2. The number of likely N-dealkylation sites (tertiary alicyclic amines) is 2. The molecule has 2 saturated heterocycles. The fraction of sp³-hybridized carbons (Fsp3) is 0.242. The van der Waals surface area contributed by atoms with Gasteiger partial charge >= 0.3 is 0 Å². The first-order valence-corrected chi connectivity index (χ1v) is 14.6.